The summed E-state index contributed by atoms with van der Waals surface area (Å²) in [5, 5.41) is 6.60. The summed E-state index contributed by atoms with van der Waals surface area (Å²) in [5.74, 6) is 0. The van der Waals surface area contributed by atoms with Crippen molar-refractivity contribution in [3.63, 3.8) is 0 Å². The zero-order valence-electron chi connectivity index (χ0n) is 9.47. The Kier molecular flexibility index (Phi) is 3.11. The van der Waals surface area contributed by atoms with Gasteiger partial charge in [0.25, 0.3) is 0 Å². The van der Waals surface area contributed by atoms with Crippen molar-refractivity contribution in [2.45, 2.75) is 25.3 Å². The Morgan fingerprint density at radius 1 is 1.29 bits per heavy atom. The lowest BCUT2D eigenvalue weighted by molar-refractivity contribution is 0.407. The van der Waals surface area contributed by atoms with Crippen LogP contribution in [0.25, 0.3) is 10.7 Å². The number of nitrogens with zero attached hydrogens (tertiary/aromatic N) is 3. The van der Waals surface area contributed by atoms with E-state index in [-0.39, 0.29) is 0 Å². The maximum atomic E-state index is 4.66. The first-order chi connectivity index (χ1) is 8.43. The number of thiazole rings is 1. The van der Waals surface area contributed by atoms with Crippen molar-refractivity contribution in [3.8, 4) is 10.7 Å². The van der Waals surface area contributed by atoms with Crippen LogP contribution in [-0.2, 0) is 0 Å². The Hall–Kier alpha value is -1.33. The highest BCUT2D eigenvalue weighted by molar-refractivity contribution is 7.13. The summed E-state index contributed by atoms with van der Waals surface area (Å²) in [5.41, 5.74) is 2.01. The van der Waals surface area contributed by atoms with Gasteiger partial charge >= 0.3 is 0 Å². The van der Waals surface area contributed by atoms with Crippen LogP contribution in [0.4, 0.5) is 0 Å². The van der Waals surface area contributed by atoms with Crippen molar-refractivity contribution in [1.29, 1.82) is 0 Å². The lowest BCUT2D eigenvalue weighted by atomic mass is 10.0. The van der Waals surface area contributed by atoms with Crippen LogP contribution < -0.4 is 5.32 Å². The second kappa shape index (κ2) is 4.89. The van der Waals surface area contributed by atoms with Crippen LogP contribution in [0.1, 0.15) is 31.0 Å². The summed E-state index contributed by atoms with van der Waals surface area (Å²) >= 11 is 1.64. The average molecular weight is 246 g/mol. The Morgan fingerprint density at radius 3 is 3.06 bits per heavy atom. The first-order valence-corrected chi connectivity index (χ1v) is 6.76. The minimum Gasteiger partial charge on any atom is -0.309 e. The van der Waals surface area contributed by atoms with Crippen LogP contribution in [0, 0.1) is 0 Å². The van der Waals surface area contributed by atoms with Crippen LogP contribution in [0.3, 0.4) is 0 Å². The molecular weight excluding hydrogens is 232 g/mol. The lowest BCUT2D eigenvalue weighted by Gasteiger charge is -2.21. The SMILES string of the molecule is c1cnc(-c2nc(C3CCCCN3)cs2)cn1. The van der Waals surface area contributed by atoms with Crippen LogP contribution in [0.5, 0.6) is 0 Å². The fourth-order valence-corrected chi connectivity index (χ4v) is 2.91. The van der Waals surface area contributed by atoms with Crippen LogP contribution >= 0.6 is 11.3 Å². The first-order valence-electron chi connectivity index (χ1n) is 5.89. The Bertz CT molecular complexity index is 476. The molecule has 1 saturated heterocycles. The smallest absolute Gasteiger partial charge is 0.143 e. The molecule has 0 radical (unpaired) electrons. The minimum absolute atomic E-state index is 0.422. The third kappa shape index (κ3) is 2.35. The third-order valence-corrected chi connectivity index (χ3v) is 3.85. The van der Waals surface area contributed by atoms with Gasteiger partial charge in [-0.05, 0) is 19.4 Å². The summed E-state index contributed by atoms with van der Waals surface area (Å²) in [6.45, 7) is 1.10. The largest absolute Gasteiger partial charge is 0.309 e. The van der Waals surface area contributed by atoms with Gasteiger partial charge in [0.15, 0.2) is 0 Å². The van der Waals surface area contributed by atoms with Crippen molar-refractivity contribution in [2.24, 2.45) is 0 Å². The molecule has 0 spiro atoms. The maximum absolute atomic E-state index is 4.66. The van der Waals surface area contributed by atoms with Crippen molar-refractivity contribution in [2.75, 3.05) is 6.54 Å². The quantitative estimate of drug-likeness (QED) is 0.884. The molecule has 17 heavy (non-hydrogen) atoms. The highest BCUT2D eigenvalue weighted by atomic mass is 32.1. The Labute approximate surface area is 104 Å². The molecule has 1 aliphatic heterocycles. The number of hydrogen-bond donors (Lipinski definition) is 1. The predicted molar refractivity (Wildman–Crippen MR) is 67.7 cm³/mol. The van der Waals surface area contributed by atoms with E-state index in [2.05, 4.69) is 25.6 Å². The number of hydrogen-bond acceptors (Lipinski definition) is 5. The van der Waals surface area contributed by atoms with E-state index in [1.54, 1.807) is 29.9 Å². The molecule has 1 N–H and O–H groups in total. The van der Waals surface area contributed by atoms with Crippen LogP contribution in [0.2, 0.25) is 0 Å². The maximum Gasteiger partial charge on any atom is 0.143 e. The standard InChI is InChI=1S/C12H14N4S/c1-2-4-14-9(3-1)11-8-17-12(16-11)10-7-13-5-6-15-10/h5-9,14H,1-4H2. The Balaban J connectivity index is 1.83. The van der Waals surface area contributed by atoms with Gasteiger partial charge in [-0.15, -0.1) is 11.3 Å². The molecule has 88 valence electrons. The van der Waals surface area contributed by atoms with E-state index in [9.17, 15) is 0 Å². The van der Waals surface area contributed by atoms with Gasteiger partial charge < -0.3 is 5.32 Å². The monoisotopic (exact) mass is 246 g/mol. The molecule has 1 unspecified atom stereocenters. The second-order valence-corrected chi connectivity index (χ2v) is 5.03. The molecule has 0 aromatic carbocycles. The van der Waals surface area contributed by atoms with Crippen LogP contribution in [-0.4, -0.2) is 21.5 Å². The molecule has 4 nitrogen and oxygen atoms in total. The molecule has 3 heterocycles. The van der Waals surface area contributed by atoms with Crippen molar-refractivity contribution in [1.82, 2.24) is 20.3 Å². The number of nitrogens with one attached hydrogen (secondary N) is 1. The third-order valence-electron chi connectivity index (χ3n) is 2.97. The highest BCUT2D eigenvalue weighted by Crippen LogP contribution is 2.27. The van der Waals surface area contributed by atoms with Gasteiger partial charge in [0.05, 0.1) is 17.9 Å². The fraction of sp³-hybridized carbons (Fsp3) is 0.417. The van der Waals surface area contributed by atoms with E-state index in [4.69, 9.17) is 0 Å². The summed E-state index contributed by atoms with van der Waals surface area (Å²) in [6.07, 6.45) is 8.89. The summed E-state index contributed by atoms with van der Waals surface area (Å²) in [6, 6.07) is 0.422. The van der Waals surface area contributed by atoms with Gasteiger partial charge in [-0.25, -0.2) is 4.98 Å². The van der Waals surface area contributed by atoms with E-state index < -0.39 is 0 Å². The molecule has 1 fully saturated rings. The lowest BCUT2D eigenvalue weighted by Crippen LogP contribution is -2.26. The van der Waals surface area contributed by atoms with Gasteiger partial charge in [-0.3, -0.25) is 9.97 Å². The molecule has 0 bridgehead atoms. The average Bonchev–Trinajstić information content (AvgIpc) is 2.90. The summed E-state index contributed by atoms with van der Waals surface area (Å²) in [4.78, 5) is 13.0. The molecule has 1 aliphatic rings. The molecule has 0 amide bonds. The Morgan fingerprint density at radius 2 is 2.29 bits per heavy atom. The van der Waals surface area contributed by atoms with Gasteiger partial charge in [-0.1, -0.05) is 6.42 Å². The zero-order chi connectivity index (χ0) is 11.5. The number of piperidine rings is 1. The molecular formula is C12H14N4S. The normalized spacial score (nSPS) is 20.4. The van der Waals surface area contributed by atoms with E-state index in [1.165, 1.54) is 19.3 Å². The molecule has 1 atom stereocenters. The molecule has 0 saturated carbocycles. The van der Waals surface area contributed by atoms with Gasteiger partial charge in [0.2, 0.25) is 0 Å². The second-order valence-electron chi connectivity index (χ2n) is 4.17. The van der Waals surface area contributed by atoms with Crippen molar-refractivity contribution in [3.05, 3.63) is 29.7 Å². The molecule has 0 aliphatic carbocycles. The molecule has 2 aromatic rings. The molecule has 5 heteroatoms. The highest BCUT2D eigenvalue weighted by Gasteiger charge is 2.18. The van der Waals surface area contributed by atoms with Gasteiger partial charge in [0, 0.05) is 17.8 Å². The predicted octanol–water partition coefficient (Wildman–Crippen LogP) is 2.41. The van der Waals surface area contributed by atoms with Crippen LogP contribution in [0.15, 0.2) is 24.0 Å². The zero-order valence-corrected chi connectivity index (χ0v) is 10.3. The van der Waals surface area contributed by atoms with E-state index in [0.717, 1.165) is 22.9 Å². The summed E-state index contributed by atoms with van der Waals surface area (Å²) in [7, 11) is 0. The van der Waals surface area contributed by atoms with Crippen molar-refractivity contribution >= 4 is 11.3 Å². The first kappa shape index (κ1) is 10.8. The molecule has 3 rings (SSSR count). The van der Waals surface area contributed by atoms with E-state index in [0.29, 0.717) is 6.04 Å². The van der Waals surface area contributed by atoms with Crippen molar-refractivity contribution < 1.29 is 0 Å². The number of aromatic nitrogens is 3. The minimum atomic E-state index is 0.422. The molecule has 2 aromatic heterocycles. The van der Waals surface area contributed by atoms with Gasteiger partial charge in [-0.2, -0.15) is 0 Å². The number of rotatable bonds is 2. The van der Waals surface area contributed by atoms with E-state index >= 15 is 0 Å². The van der Waals surface area contributed by atoms with E-state index in [1.807, 2.05) is 0 Å². The fourth-order valence-electron chi connectivity index (χ4n) is 2.08. The summed E-state index contributed by atoms with van der Waals surface area (Å²) < 4.78 is 0. The topological polar surface area (TPSA) is 50.7 Å². The van der Waals surface area contributed by atoms with Gasteiger partial charge in [0.1, 0.15) is 10.7 Å².